The van der Waals surface area contributed by atoms with E-state index in [0.717, 1.165) is 0 Å². The minimum absolute atomic E-state index is 0.112. The van der Waals surface area contributed by atoms with Crippen molar-refractivity contribution in [1.82, 2.24) is 10.2 Å². The smallest absolute Gasteiger partial charge is 0.312 e. The molecule has 0 bridgehead atoms. The normalized spacial score (nSPS) is 22.9. The van der Waals surface area contributed by atoms with Gasteiger partial charge in [-0.3, -0.25) is 9.59 Å². The molecule has 2 N–H and O–H groups in total. The van der Waals surface area contributed by atoms with Crippen molar-refractivity contribution in [3.05, 3.63) is 0 Å². The number of nitrogens with one attached hydrogen (secondary N) is 1. The predicted octanol–water partition coefficient (Wildman–Crippen LogP) is -1.04. The highest BCUT2D eigenvalue weighted by atomic mass is 16.3. The van der Waals surface area contributed by atoms with Crippen LogP contribution in [0.4, 0.5) is 0 Å². The van der Waals surface area contributed by atoms with Crippen LogP contribution < -0.4 is 5.32 Å². The van der Waals surface area contributed by atoms with E-state index < -0.39 is 11.8 Å². The molecule has 1 heterocycles. The summed E-state index contributed by atoms with van der Waals surface area (Å²) in [5.41, 5.74) is 0. The molecule has 1 fully saturated rings. The number of nitrogens with zero attached hydrogens (tertiary/aromatic N) is 1. The van der Waals surface area contributed by atoms with Gasteiger partial charge in [-0.1, -0.05) is 13.8 Å². The molecule has 80 valence electrons. The standard InChI is InChI=1S/C9H16N2O3/c1-6(2)4-11-7(5-12)3-10-8(13)9(11)14/h6-7,12H,3-5H2,1-2H3,(H,10,13). The number of aliphatic hydroxyl groups excluding tert-OH is 1. The molecule has 0 aromatic rings. The lowest BCUT2D eigenvalue weighted by atomic mass is 10.1. The maximum Gasteiger partial charge on any atom is 0.312 e. The summed E-state index contributed by atoms with van der Waals surface area (Å²) in [7, 11) is 0. The largest absolute Gasteiger partial charge is 0.394 e. The summed E-state index contributed by atoms with van der Waals surface area (Å²) in [5, 5.41) is 11.5. The van der Waals surface area contributed by atoms with Crippen molar-refractivity contribution in [2.45, 2.75) is 19.9 Å². The average Bonchev–Trinajstić information content (AvgIpc) is 2.13. The summed E-state index contributed by atoms with van der Waals surface area (Å²) in [6.45, 7) is 4.67. The van der Waals surface area contributed by atoms with Gasteiger partial charge in [0.15, 0.2) is 0 Å². The van der Waals surface area contributed by atoms with Crippen molar-refractivity contribution >= 4 is 11.8 Å². The monoisotopic (exact) mass is 200 g/mol. The lowest BCUT2D eigenvalue weighted by molar-refractivity contribution is -0.151. The summed E-state index contributed by atoms with van der Waals surface area (Å²) < 4.78 is 0. The molecule has 0 aromatic carbocycles. The van der Waals surface area contributed by atoms with Gasteiger partial charge in [0.25, 0.3) is 0 Å². The Bertz CT molecular complexity index is 240. The molecule has 5 heteroatoms. The molecule has 1 atom stereocenters. The van der Waals surface area contributed by atoms with Crippen LogP contribution in [0.15, 0.2) is 0 Å². The van der Waals surface area contributed by atoms with Gasteiger partial charge in [0.05, 0.1) is 12.6 Å². The summed E-state index contributed by atoms with van der Waals surface area (Å²) in [6.07, 6.45) is 0. The van der Waals surface area contributed by atoms with E-state index in [0.29, 0.717) is 19.0 Å². The van der Waals surface area contributed by atoms with Gasteiger partial charge in [-0.2, -0.15) is 0 Å². The third-order valence-electron chi connectivity index (χ3n) is 2.17. The van der Waals surface area contributed by atoms with Crippen LogP contribution in [-0.2, 0) is 9.59 Å². The van der Waals surface area contributed by atoms with Crippen LogP contribution in [0.1, 0.15) is 13.8 Å². The van der Waals surface area contributed by atoms with Crippen LogP contribution in [0.3, 0.4) is 0 Å². The van der Waals surface area contributed by atoms with Crippen LogP contribution in [0, 0.1) is 5.92 Å². The van der Waals surface area contributed by atoms with E-state index in [9.17, 15) is 9.59 Å². The van der Waals surface area contributed by atoms with Gasteiger partial charge in [0.1, 0.15) is 0 Å². The number of rotatable bonds is 3. The number of carbonyl (C=O) groups excluding carboxylic acids is 2. The first kappa shape index (κ1) is 11.0. The average molecular weight is 200 g/mol. The molecular weight excluding hydrogens is 184 g/mol. The van der Waals surface area contributed by atoms with Crippen LogP contribution in [0.25, 0.3) is 0 Å². The Morgan fingerprint density at radius 3 is 2.71 bits per heavy atom. The summed E-state index contributed by atoms with van der Waals surface area (Å²) in [6, 6.07) is -0.275. The molecule has 0 radical (unpaired) electrons. The number of amides is 2. The lowest BCUT2D eigenvalue weighted by Gasteiger charge is -2.35. The highest BCUT2D eigenvalue weighted by Crippen LogP contribution is 2.08. The molecule has 5 nitrogen and oxygen atoms in total. The highest BCUT2D eigenvalue weighted by molar-refractivity contribution is 6.35. The number of hydrogen-bond acceptors (Lipinski definition) is 3. The molecule has 1 saturated heterocycles. The highest BCUT2D eigenvalue weighted by Gasteiger charge is 2.33. The second-order valence-electron chi connectivity index (χ2n) is 3.90. The predicted molar refractivity (Wildman–Crippen MR) is 50.4 cm³/mol. The van der Waals surface area contributed by atoms with Gasteiger partial charge >= 0.3 is 11.8 Å². The quantitative estimate of drug-likeness (QED) is 0.572. The molecular formula is C9H16N2O3. The second-order valence-corrected chi connectivity index (χ2v) is 3.90. The van der Waals surface area contributed by atoms with Crippen LogP contribution in [-0.4, -0.2) is 47.6 Å². The number of hydrogen-bond donors (Lipinski definition) is 2. The van der Waals surface area contributed by atoms with E-state index in [1.165, 1.54) is 4.90 Å². The van der Waals surface area contributed by atoms with Crippen LogP contribution in [0.2, 0.25) is 0 Å². The Balaban J connectivity index is 2.71. The first-order valence-electron chi connectivity index (χ1n) is 4.76. The topological polar surface area (TPSA) is 69.6 Å². The molecule has 0 aromatic heterocycles. The first-order chi connectivity index (χ1) is 6.56. The summed E-state index contributed by atoms with van der Waals surface area (Å²) in [4.78, 5) is 23.9. The van der Waals surface area contributed by atoms with Gasteiger partial charge in [0.2, 0.25) is 0 Å². The van der Waals surface area contributed by atoms with E-state index >= 15 is 0 Å². The maximum atomic E-state index is 11.4. The Labute approximate surface area is 83.1 Å². The van der Waals surface area contributed by atoms with Crippen LogP contribution in [0.5, 0.6) is 0 Å². The SMILES string of the molecule is CC(C)CN1C(=O)C(=O)NCC1CO. The summed E-state index contributed by atoms with van der Waals surface area (Å²) >= 11 is 0. The Hall–Kier alpha value is -1.10. The zero-order chi connectivity index (χ0) is 10.7. The molecule has 1 aliphatic rings. The molecule has 1 aliphatic heterocycles. The van der Waals surface area contributed by atoms with Gasteiger partial charge < -0.3 is 15.3 Å². The van der Waals surface area contributed by atoms with E-state index in [-0.39, 0.29) is 12.6 Å². The van der Waals surface area contributed by atoms with Crippen molar-refractivity contribution in [2.75, 3.05) is 19.7 Å². The van der Waals surface area contributed by atoms with Crippen molar-refractivity contribution in [3.63, 3.8) is 0 Å². The molecule has 1 rings (SSSR count). The Morgan fingerprint density at radius 2 is 2.21 bits per heavy atom. The zero-order valence-corrected chi connectivity index (χ0v) is 8.49. The van der Waals surface area contributed by atoms with Crippen LogP contribution >= 0.6 is 0 Å². The summed E-state index contributed by atoms with van der Waals surface area (Å²) in [5.74, 6) is -0.821. The van der Waals surface area contributed by atoms with E-state index in [4.69, 9.17) is 5.11 Å². The van der Waals surface area contributed by atoms with E-state index in [2.05, 4.69) is 5.32 Å². The molecule has 14 heavy (non-hydrogen) atoms. The minimum atomic E-state index is -0.574. The lowest BCUT2D eigenvalue weighted by Crippen LogP contribution is -2.59. The Morgan fingerprint density at radius 1 is 1.57 bits per heavy atom. The van der Waals surface area contributed by atoms with E-state index in [1.54, 1.807) is 0 Å². The maximum absolute atomic E-state index is 11.4. The minimum Gasteiger partial charge on any atom is -0.394 e. The first-order valence-corrected chi connectivity index (χ1v) is 4.76. The molecule has 0 saturated carbocycles. The van der Waals surface area contributed by atoms with Gasteiger partial charge in [-0.05, 0) is 5.92 Å². The molecule has 0 spiro atoms. The van der Waals surface area contributed by atoms with Crippen molar-refractivity contribution in [2.24, 2.45) is 5.92 Å². The molecule has 0 aliphatic carbocycles. The number of piperazine rings is 1. The third kappa shape index (κ3) is 2.23. The van der Waals surface area contributed by atoms with Crippen molar-refractivity contribution in [3.8, 4) is 0 Å². The van der Waals surface area contributed by atoms with Crippen molar-refractivity contribution < 1.29 is 14.7 Å². The fraction of sp³-hybridized carbons (Fsp3) is 0.778. The third-order valence-corrected chi connectivity index (χ3v) is 2.17. The molecule has 1 unspecified atom stereocenters. The van der Waals surface area contributed by atoms with Gasteiger partial charge in [-0.25, -0.2) is 0 Å². The van der Waals surface area contributed by atoms with E-state index in [1.807, 2.05) is 13.8 Å². The van der Waals surface area contributed by atoms with Gasteiger partial charge in [-0.15, -0.1) is 0 Å². The molecule has 2 amide bonds. The van der Waals surface area contributed by atoms with Crippen molar-refractivity contribution in [1.29, 1.82) is 0 Å². The number of aliphatic hydroxyl groups is 1. The Kier molecular flexibility index (Phi) is 3.46. The fourth-order valence-corrected chi connectivity index (χ4v) is 1.48. The number of carbonyl (C=O) groups is 2. The second kappa shape index (κ2) is 4.41. The zero-order valence-electron chi connectivity index (χ0n) is 8.49. The van der Waals surface area contributed by atoms with Gasteiger partial charge in [0, 0.05) is 13.1 Å². The fourth-order valence-electron chi connectivity index (χ4n) is 1.48.